The molecule has 22 heavy (non-hydrogen) atoms. The van der Waals surface area contributed by atoms with Gasteiger partial charge < -0.3 is 10.4 Å². The number of rotatable bonds is 3. The zero-order valence-electron chi connectivity index (χ0n) is 12.8. The Kier molecular flexibility index (Phi) is 3.91. The number of likely N-dealkylation sites (N-methyl/N-ethyl adjacent to an activating group) is 1. The second-order valence-electron chi connectivity index (χ2n) is 6.49. The van der Waals surface area contributed by atoms with Crippen LogP contribution in [0.5, 0.6) is 0 Å². The highest BCUT2D eigenvalue weighted by molar-refractivity contribution is 5.90. The van der Waals surface area contributed by atoms with Crippen molar-refractivity contribution in [2.24, 2.45) is 0 Å². The summed E-state index contributed by atoms with van der Waals surface area (Å²) in [6, 6.07) is 7.81. The molecule has 1 aromatic carbocycles. The molecule has 3 rings (SSSR count). The third kappa shape index (κ3) is 2.61. The number of carbonyl (C=O) groups excluding carboxylic acids is 1. The largest absolute Gasteiger partial charge is 0.480 e. The molecule has 0 radical (unpaired) electrons. The smallest absolute Gasteiger partial charge is 0.329 e. The molecule has 1 atom stereocenters. The molecule has 0 bridgehead atoms. The minimum atomic E-state index is -1.06. The first kappa shape index (κ1) is 15.0. The van der Waals surface area contributed by atoms with Crippen molar-refractivity contribution >= 4 is 11.9 Å². The second kappa shape index (κ2) is 5.72. The molecule has 5 heteroatoms. The van der Waals surface area contributed by atoms with Crippen LogP contribution in [0.15, 0.2) is 24.3 Å². The van der Waals surface area contributed by atoms with Gasteiger partial charge in [-0.25, -0.2) is 4.79 Å². The molecule has 118 valence electrons. The number of carbonyl (C=O) groups is 2. The number of benzene rings is 1. The van der Waals surface area contributed by atoms with Crippen LogP contribution in [0.1, 0.15) is 36.8 Å². The van der Waals surface area contributed by atoms with E-state index in [0.29, 0.717) is 25.8 Å². The van der Waals surface area contributed by atoms with Gasteiger partial charge in [0.1, 0.15) is 5.54 Å². The van der Waals surface area contributed by atoms with E-state index in [0.717, 1.165) is 12.8 Å². The maximum atomic E-state index is 12.7. The number of carboxylic acid groups (broad SMARTS) is 1. The van der Waals surface area contributed by atoms with E-state index in [4.69, 9.17) is 0 Å². The second-order valence-corrected chi connectivity index (χ2v) is 6.49. The minimum absolute atomic E-state index is 0.165. The highest BCUT2D eigenvalue weighted by Gasteiger charge is 2.44. The van der Waals surface area contributed by atoms with Crippen molar-refractivity contribution in [3.8, 4) is 0 Å². The summed E-state index contributed by atoms with van der Waals surface area (Å²) in [5.74, 6) is -1.07. The van der Waals surface area contributed by atoms with Crippen molar-refractivity contribution in [2.45, 2.75) is 50.2 Å². The van der Waals surface area contributed by atoms with Gasteiger partial charge in [-0.1, -0.05) is 37.1 Å². The predicted octanol–water partition coefficient (Wildman–Crippen LogP) is 1.56. The average Bonchev–Trinajstić information content (AvgIpc) is 2.96. The van der Waals surface area contributed by atoms with Crippen LogP contribution in [-0.4, -0.2) is 40.5 Å². The summed E-state index contributed by atoms with van der Waals surface area (Å²) >= 11 is 0. The maximum Gasteiger partial charge on any atom is 0.329 e. The van der Waals surface area contributed by atoms with Crippen molar-refractivity contribution in [2.75, 3.05) is 7.05 Å². The summed E-state index contributed by atoms with van der Waals surface area (Å²) in [6.45, 7) is 0.717. The molecule has 0 aromatic heterocycles. The molecule has 1 amide bonds. The number of hydrogen-bond acceptors (Lipinski definition) is 3. The third-order valence-electron chi connectivity index (χ3n) is 5.02. The Morgan fingerprint density at radius 1 is 1.23 bits per heavy atom. The topological polar surface area (TPSA) is 69.6 Å². The highest BCUT2D eigenvalue weighted by atomic mass is 16.4. The highest BCUT2D eigenvalue weighted by Crippen LogP contribution is 2.31. The Morgan fingerprint density at radius 3 is 2.50 bits per heavy atom. The molecule has 0 unspecified atom stereocenters. The zero-order chi connectivity index (χ0) is 15.7. The van der Waals surface area contributed by atoms with E-state index < -0.39 is 11.5 Å². The van der Waals surface area contributed by atoms with Crippen LogP contribution < -0.4 is 5.32 Å². The fraction of sp³-hybridized carbons (Fsp3) is 0.529. The first-order valence-corrected chi connectivity index (χ1v) is 7.84. The molecule has 1 heterocycles. The predicted molar refractivity (Wildman–Crippen MR) is 82.4 cm³/mol. The number of aliphatic carboxylic acids is 1. The molecule has 1 aliphatic carbocycles. The van der Waals surface area contributed by atoms with Gasteiger partial charge in [-0.15, -0.1) is 0 Å². The van der Waals surface area contributed by atoms with Gasteiger partial charge in [-0.05, 0) is 37.4 Å². The van der Waals surface area contributed by atoms with Crippen LogP contribution in [0.4, 0.5) is 0 Å². The Hall–Kier alpha value is -1.88. The maximum absolute atomic E-state index is 12.7. The fourth-order valence-corrected chi connectivity index (χ4v) is 3.64. The van der Waals surface area contributed by atoms with Crippen LogP contribution in [0.2, 0.25) is 0 Å². The summed E-state index contributed by atoms with van der Waals surface area (Å²) in [5.41, 5.74) is 1.36. The van der Waals surface area contributed by atoms with Crippen molar-refractivity contribution in [3.63, 3.8) is 0 Å². The summed E-state index contributed by atoms with van der Waals surface area (Å²) in [5, 5.41) is 12.3. The van der Waals surface area contributed by atoms with Gasteiger partial charge in [0.15, 0.2) is 0 Å². The van der Waals surface area contributed by atoms with Gasteiger partial charge in [-0.2, -0.15) is 0 Å². The molecule has 1 saturated carbocycles. The zero-order valence-corrected chi connectivity index (χ0v) is 12.8. The van der Waals surface area contributed by atoms with Crippen LogP contribution in [0, 0.1) is 0 Å². The molecule has 1 aromatic rings. The van der Waals surface area contributed by atoms with Gasteiger partial charge in [0.25, 0.3) is 0 Å². The van der Waals surface area contributed by atoms with E-state index in [2.05, 4.69) is 11.4 Å². The first-order valence-electron chi connectivity index (χ1n) is 7.84. The summed E-state index contributed by atoms with van der Waals surface area (Å²) in [7, 11) is 1.92. The van der Waals surface area contributed by atoms with Gasteiger partial charge in [0.05, 0.1) is 6.04 Å². The number of carboxylic acids is 1. The molecule has 2 aliphatic rings. The third-order valence-corrected chi connectivity index (χ3v) is 5.02. The Bertz CT molecular complexity index is 593. The number of hydrogen-bond donors (Lipinski definition) is 2. The average molecular weight is 302 g/mol. The number of nitrogens with one attached hydrogen (secondary N) is 1. The van der Waals surface area contributed by atoms with Crippen molar-refractivity contribution < 1.29 is 14.7 Å². The molecule has 5 nitrogen and oxygen atoms in total. The molecule has 1 fully saturated rings. The van der Waals surface area contributed by atoms with Crippen molar-refractivity contribution in [3.05, 3.63) is 35.4 Å². The Labute approximate surface area is 130 Å². The van der Waals surface area contributed by atoms with Crippen LogP contribution >= 0.6 is 0 Å². The van der Waals surface area contributed by atoms with Gasteiger partial charge >= 0.3 is 5.97 Å². The summed E-state index contributed by atoms with van der Waals surface area (Å²) in [4.78, 5) is 26.3. The summed E-state index contributed by atoms with van der Waals surface area (Å²) in [6.07, 6.45) is 3.40. The van der Waals surface area contributed by atoms with Crippen molar-refractivity contribution in [1.82, 2.24) is 10.2 Å². The summed E-state index contributed by atoms with van der Waals surface area (Å²) < 4.78 is 0. The van der Waals surface area contributed by atoms with Crippen LogP contribution in [0.3, 0.4) is 0 Å². The van der Waals surface area contributed by atoms with Gasteiger partial charge in [0.2, 0.25) is 5.91 Å². The molecule has 2 N–H and O–H groups in total. The van der Waals surface area contributed by atoms with Gasteiger partial charge in [-0.3, -0.25) is 9.69 Å². The van der Waals surface area contributed by atoms with Crippen LogP contribution in [0.25, 0.3) is 0 Å². The lowest BCUT2D eigenvalue weighted by atomic mass is 9.92. The minimum Gasteiger partial charge on any atom is -0.480 e. The lowest BCUT2D eigenvalue weighted by Crippen LogP contribution is -2.58. The van der Waals surface area contributed by atoms with E-state index in [9.17, 15) is 14.7 Å². The lowest BCUT2D eigenvalue weighted by Gasteiger charge is -2.35. The molecule has 1 aliphatic heterocycles. The normalized spacial score (nSPS) is 23.8. The molecular weight excluding hydrogens is 280 g/mol. The lowest BCUT2D eigenvalue weighted by molar-refractivity contribution is -0.148. The Morgan fingerprint density at radius 2 is 1.86 bits per heavy atom. The first-order chi connectivity index (χ1) is 10.5. The number of amides is 1. The van der Waals surface area contributed by atoms with E-state index >= 15 is 0 Å². The molecular formula is C17H22N2O3. The van der Waals surface area contributed by atoms with E-state index in [1.54, 1.807) is 0 Å². The Balaban J connectivity index is 1.77. The fourth-order valence-electron chi connectivity index (χ4n) is 3.64. The quantitative estimate of drug-likeness (QED) is 0.889. The molecule has 0 spiro atoms. The van der Waals surface area contributed by atoms with Crippen LogP contribution in [-0.2, 0) is 22.6 Å². The van der Waals surface area contributed by atoms with Crippen molar-refractivity contribution in [1.29, 1.82) is 0 Å². The van der Waals surface area contributed by atoms with E-state index in [1.165, 1.54) is 11.1 Å². The van der Waals surface area contributed by atoms with Gasteiger partial charge in [0, 0.05) is 6.54 Å². The molecule has 0 saturated heterocycles. The SMILES string of the molecule is CN1Cc2ccccc2C[C@H]1C(=O)NC1(C(=O)O)CCCC1. The monoisotopic (exact) mass is 302 g/mol. The van der Waals surface area contributed by atoms with E-state index in [-0.39, 0.29) is 11.9 Å². The number of nitrogens with zero attached hydrogens (tertiary/aromatic N) is 1. The standard InChI is InChI=1S/C17H22N2O3/c1-19-11-13-7-3-2-6-12(13)10-14(19)15(20)18-17(16(21)22)8-4-5-9-17/h2-3,6-7,14H,4-5,8-11H2,1H3,(H,18,20)(H,21,22)/t14-/m0/s1. The number of fused-ring (bicyclic) bond motifs is 1. The van der Waals surface area contributed by atoms with E-state index in [1.807, 2.05) is 30.1 Å².